The first kappa shape index (κ1) is 12.8. The van der Waals surface area contributed by atoms with Gasteiger partial charge in [-0.1, -0.05) is 43.8 Å². The molecule has 1 heterocycles. The Morgan fingerprint density at radius 3 is 2.67 bits per heavy atom. The average molecular weight is 261 g/mol. The number of rotatable bonds is 4. The summed E-state index contributed by atoms with van der Waals surface area (Å²) in [5.74, 6) is -1.08. The maximum atomic E-state index is 11.1. The van der Waals surface area contributed by atoms with Crippen LogP contribution in [0, 0.1) is 5.92 Å². The summed E-state index contributed by atoms with van der Waals surface area (Å²) in [4.78, 5) is 19.4. The highest BCUT2D eigenvalue weighted by atomic mass is 32.2. The lowest BCUT2D eigenvalue weighted by Crippen LogP contribution is -2.36. The second-order valence-corrected chi connectivity index (χ2v) is 5.43. The Morgan fingerprint density at radius 2 is 2.00 bits per heavy atom. The molecule has 94 valence electrons. The van der Waals surface area contributed by atoms with Crippen molar-refractivity contribution < 1.29 is 9.90 Å². The molecule has 0 N–H and O–H groups in total. The van der Waals surface area contributed by atoms with Crippen molar-refractivity contribution >= 4 is 28.6 Å². The topological polar surface area (TPSA) is 65.9 Å². The van der Waals surface area contributed by atoms with E-state index in [0.717, 1.165) is 10.9 Å². The highest BCUT2D eigenvalue weighted by Crippen LogP contribution is 2.30. The van der Waals surface area contributed by atoms with E-state index in [1.54, 1.807) is 0 Å². The minimum Gasteiger partial charge on any atom is -0.549 e. The summed E-state index contributed by atoms with van der Waals surface area (Å²) in [6.45, 7) is 3.72. The molecular weight excluding hydrogens is 248 g/mol. The van der Waals surface area contributed by atoms with Crippen LogP contribution in [0.3, 0.4) is 0 Å². The van der Waals surface area contributed by atoms with Gasteiger partial charge in [0.15, 0.2) is 0 Å². The fourth-order valence-electron chi connectivity index (χ4n) is 1.65. The van der Waals surface area contributed by atoms with Gasteiger partial charge in [-0.3, -0.25) is 0 Å². The first-order valence-corrected chi connectivity index (χ1v) is 6.55. The number of carboxylic acids is 1. The largest absolute Gasteiger partial charge is 0.549 e. The molecule has 0 amide bonds. The van der Waals surface area contributed by atoms with Crippen LogP contribution in [0.4, 0.5) is 0 Å². The molecule has 4 nitrogen and oxygen atoms in total. The molecule has 0 aliphatic rings. The van der Waals surface area contributed by atoms with E-state index in [1.165, 1.54) is 18.1 Å². The zero-order chi connectivity index (χ0) is 13.1. The Bertz CT molecular complexity index is 566. The summed E-state index contributed by atoms with van der Waals surface area (Å²) in [5.41, 5.74) is 0.816. The minimum absolute atomic E-state index is 0.0197. The summed E-state index contributed by atoms with van der Waals surface area (Å²) in [6.07, 6.45) is 1.46. The van der Waals surface area contributed by atoms with Gasteiger partial charge in [-0.15, -0.1) is 0 Å². The van der Waals surface area contributed by atoms with Crippen LogP contribution in [0.25, 0.3) is 10.9 Å². The van der Waals surface area contributed by atoms with Crippen molar-refractivity contribution in [3.63, 3.8) is 0 Å². The highest BCUT2D eigenvalue weighted by molar-refractivity contribution is 8.00. The lowest BCUT2D eigenvalue weighted by molar-refractivity contribution is -0.305. The van der Waals surface area contributed by atoms with Crippen molar-refractivity contribution in [2.45, 2.75) is 24.1 Å². The predicted molar refractivity (Wildman–Crippen MR) is 69.0 cm³/mol. The maximum absolute atomic E-state index is 11.1. The molecule has 0 unspecified atom stereocenters. The average Bonchev–Trinajstić information content (AvgIpc) is 2.35. The van der Waals surface area contributed by atoms with Gasteiger partial charge in [-0.25, -0.2) is 9.97 Å². The van der Waals surface area contributed by atoms with E-state index in [2.05, 4.69) is 9.97 Å². The van der Waals surface area contributed by atoms with E-state index in [1.807, 2.05) is 38.1 Å². The molecule has 1 atom stereocenters. The molecule has 1 aromatic carbocycles. The van der Waals surface area contributed by atoms with Gasteiger partial charge in [-0.05, 0) is 12.0 Å². The zero-order valence-electron chi connectivity index (χ0n) is 10.2. The molecular formula is C13H13N2O2S-. The van der Waals surface area contributed by atoms with Crippen molar-refractivity contribution in [3.8, 4) is 0 Å². The number of aliphatic carboxylic acids is 1. The first-order chi connectivity index (χ1) is 8.59. The molecule has 0 aliphatic heterocycles. The number of carbonyl (C=O) groups is 1. The van der Waals surface area contributed by atoms with E-state index in [0.29, 0.717) is 5.03 Å². The van der Waals surface area contributed by atoms with Gasteiger partial charge in [0.25, 0.3) is 0 Å². The lowest BCUT2D eigenvalue weighted by Gasteiger charge is -2.21. The molecule has 0 saturated carbocycles. The molecule has 1 aromatic heterocycles. The molecule has 0 spiro atoms. The monoisotopic (exact) mass is 261 g/mol. The molecule has 2 rings (SSSR count). The number of thioether (sulfide) groups is 1. The number of nitrogens with zero attached hydrogens (tertiary/aromatic N) is 2. The van der Waals surface area contributed by atoms with Crippen LogP contribution >= 0.6 is 11.8 Å². The standard InChI is InChI=1S/C13H14N2O2S/c1-8(2)11(13(16)17)18-12-9-5-3-4-6-10(9)14-7-15-12/h3-8,11H,1-2H3,(H,16,17)/p-1/t11-/m0/s1. The number of para-hydroxylation sites is 1. The molecule has 5 heteroatoms. The number of benzene rings is 1. The number of carbonyl (C=O) groups excluding carboxylic acids is 1. The number of fused-ring (bicyclic) bond motifs is 1. The summed E-state index contributed by atoms with van der Waals surface area (Å²) in [7, 11) is 0. The normalized spacial score (nSPS) is 12.8. The molecule has 18 heavy (non-hydrogen) atoms. The Balaban J connectivity index is 2.39. The van der Waals surface area contributed by atoms with Crippen LogP contribution in [0.2, 0.25) is 0 Å². The first-order valence-electron chi connectivity index (χ1n) is 5.67. The number of hydrogen-bond acceptors (Lipinski definition) is 5. The Morgan fingerprint density at radius 1 is 1.28 bits per heavy atom. The van der Waals surface area contributed by atoms with Crippen LogP contribution < -0.4 is 5.11 Å². The highest BCUT2D eigenvalue weighted by Gasteiger charge is 2.18. The SMILES string of the molecule is CC(C)[C@H](Sc1ncnc2ccccc12)C(=O)[O-]. The van der Waals surface area contributed by atoms with Crippen LogP contribution in [0.1, 0.15) is 13.8 Å². The quantitative estimate of drug-likeness (QED) is 0.616. The summed E-state index contributed by atoms with van der Waals surface area (Å²) < 4.78 is 0. The van der Waals surface area contributed by atoms with Crippen molar-refractivity contribution in [1.82, 2.24) is 9.97 Å². The van der Waals surface area contributed by atoms with E-state index < -0.39 is 11.2 Å². The second kappa shape index (κ2) is 5.35. The van der Waals surface area contributed by atoms with Gasteiger partial charge in [0.1, 0.15) is 11.4 Å². The summed E-state index contributed by atoms with van der Waals surface area (Å²) in [6, 6.07) is 7.55. The molecule has 2 aromatic rings. The smallest absolute Gasteiger partial charge is 0.117 e. The molecule has 0 bridgehead atoms. The van der Waals surface area contributed by atoms with Gasteiger partial charge in [-0.2, -0.15) is 0 Å². The van der Waals surface area contributed by atoms with Crippen molar-refractivity contribution in [1.29, 1.82) is 0 Å². The van der Waals surface area contributed by atoms with Crippen LogP contribution in [-0.4, -0.2) is 21.2 Å². The second-order valence-electron chi connectivity index (χ2n) is 4.30. The van der Waals surface area contributed by atoms with Crippen LogP contribution in [0.5, 0.6) is 0 Å². The van der Waals surface area contributed by atoms with Gasteiger partial charge in [0.2, 0.25) is 0 Å². The fourth-order valence-corrected chi connectivity index (χ4v) is 2.67. The molecule has 0 saturated heterocycles. The Hall–Kier alpha value is -1.62. The fraction of sp³-hybridized carbons (Fsp3) is 0.308. The third-order valence-electron chi connectivity index (χ3n) is 2.58. The number of carboxylic acid groups (broad SMARTS) is 1. The van der Waals surface area contributed by atoms with Gasteiger partial charge < -0.3 is 9.90 Å². The van der Waals surface area contributed by atoms with Gasteiger partial charge >= 0.3 is 0 Å². The van der Waals surface area contributed by atoms with Crippen molar-refractivity contribution in [3.05, 3.63) is 30.6 Å². The number of aromatic nitrogens is 2. The lowest BCUT2D eigenvalue weighted by atomic mass is 10.1. The van der Waals surface area contributed by atoms with E-state index in [9.17, 15) is 9.90 Å². The summed E-state index contributed by atoms with van der Waals surface area (Å²) >= 11 is 1.22. The van der Waals surface area contributed by atoms with Crippen molar-refractivity contribution in [2.24, 2.45) is 5.92 Å². The van der Waals surface area contributed by atoms with Gasteiger partial charge in [0.05, 0.1) is 16.7 Å². The third-order valence-corrected chi connectivity index (χ3v) is 4.12. The van der Waals surface area contributed by atoms with Crippen molar-refractivity contribution in [2.75, 3.05) is 0 Å². The molecule has 0 fully saturated rings. The Labute approximate surface area is 109 Å². The van der Waals surface area contributed by atoms with E-state index in [4.69, 9.17) is 0 Å². The molecule has 0 radical (unpaired) electrons. The summed E-state index contributed by atoms with van der Waals surface area (Å²) in [5, 5.41) is 12.1. The zero-order valence-corrected chi connectivity index (χ0v) is 11.0. The van der Waals surface area contributed by atoms with E-state index in [-0.39, 0.29) is 5.92 Å². The maximum Gasteiger partial charge on any atom is 0.117 e. The predicted octanol–water partition coefficient (Wildman–Crippen LogP) is 1.50. The number of hydrogen-bond donors (Lipinski definition) is 0. The third kappa shape index (κ3) is 2.61. The Kier molecular flexibility index (Phi) is 3.81. The van der Waals surface area contributed by atoms with E-state index >= 15 is 0 Å². The molecule has 0 aliphatic carbocycles. The van der Waals surface area contributed by atoms with Crippen LogP contribution in [-0.2, 0) is 4.79 Å². The minimum atomic E-state index is -1.06. The van der Waals surface area contributed by atoms with Crippen LogP contribution in [0.15, 0.2) is 35.6 Å². The van der Waals surface area contributed by atoms with Gasteiger partial charge in [0, 0.05) is 5.39 Å².